The molecule has 1 heterocycles. The molecule has 1 aliphatic rings. The van der Waals surface area contributed by atoms with Crippen molar-refractivity contribution in [2.24, 2.45) is 0 Å². The smallest absolute Gasteiger partial charge is 0.188 e. The fourth-order valence-corrected chi connectivity index (χ4v) is 3.40. The highest BCUT2D eigenvalue weighted by Crippen LogP contribution is 2.40. The predicted molar refractivity (Wildman–Crippen MR) is 99.5 cm³/mol. The van der Waals surface area contributed by atoms with Crippen molar-refractivity contribution in [2.45, 2.75) is 25.2 Å². The lowest BCUT2D eigenvalue weighted by Gasteiger charge is -2.12. The second-order valence-corrected chi connectivity index (χ2v) is 6.92. The summed E-state index contributed by atoms with van der Waals surface area (Å²) >= 11 is 0. The van der Waals surface area contributed by atoms with Crippen molar-refractivity contribution in [3.8, 4) is 0 Å². The van der Waals surface area contributed by atoms with Crippen molar-refractivity contribution < 1.29 is 19.0 Å². The molecule has 3 aromatic rings. The summed E-state index contributed by atoms with van der Waals surface area (Å²) in [5.74, 6) is 0.0538. The van der Waals surface area contributed by atoms with Crippen molar-refractivity contribution in [1.29, 1.82) is 0 Å². The van der Waals surface area contributed by atoms with Crippen LogP contribution in [-0.4, -0.2) is 40.9 Å². The van der Waals surface area contributed by atoms with Crippen molar-refractivity contribution in [3.05, 3.63) is 64.6 Å². The molecule has 0 spiro atoms. The molecule has 140 valence electrons. The Balaban J connectivity index is 1.67. The molecule has 0 aliphatic heterocycles. The number of carbonyl (C=O) groups excluding carboxylic acids is 1. The van der Waals surface area contributed by atoms with Gasteiger partial charge in [0.05, 0.1) is 24.9 Å². The van der Waals surface area contributed by atoms with Gasteiger partial charge in [-0.05, 0) is 53.6 Å². The normalized spacial score (nSPS) is 14.0. The number of H-pyrrole nitrogens is 1. The van der Waals surface area contributed by atoms with Crippen molar-refractivity contribution in [3.63, 3.8) is 0 Å². The number of aliphatic hydroxyl groups is 1. The molecule has 2 aromatic carbocycles. The van der Waals surface area contributed by atoms with Crippen molar-refractivity contribution in [2.75, 3.05) is 19.8 Å². The Hall–Kier alpha value is -2.57. The number of aromatic nitrogens is 2. The number of aromatic amines is 1. The Morgan fingerprint density at radius 2 is 2.15 bits per heavy atom. The number of nitrogens with one attached hydrogen (secondary N) is 1. The fraction of sp³-hybridized carbons (Fsp3) is 0.333. The minimum atomic E-state index is -0.241. The predicted octanol–water partition coefficient (Wildman–Crippen LogP) is 3.36. The first-order valence-corrected chi connectivity index (χ1v) is 9.12. The number of ketones is 1. The van der Waals surface area contributed by atoms with Gasteiger partial charge in [0, 0.05) is 17.4 Å². The molecular formula is C21H21FN2O3. The zero-order valence-electron chi connectivity index (χ0n) is 14.9. The molecule has 1 saturated carbocycles. The Labute approximate surface area is 156 Å². The average Bonchev–Trinajstić information content (AvgIpc) is 3.40. The van der Waals surface area contributed by atoms with E-state index in [0.717, 1.165) is 34.9 Å². The van der Waals surface area contributed by atoms with Gasteiger partial charge in [-0.2, -0.15) is 5.10 Å². The van der Waals surface area contributed by atoms with E-state index < -0.39 is 0 Å². The number of hydrogen-bond acceptors (Lipinski definition) is 4. The average molecular weight is 368 g/mol. The third kappa shape index (κ3) is 3.77. The highest BCUT2D eigenvalue weighted by Gasteiger charge is 2.24. The number of fused-ring (bicyclic) bond motifs is 1. The first kappa shape index (κ1) is 17.8. The number of carbonyl (C=O) groups is 1. The minimum absolute atomic E-state index is 0.103. The summed E-state index contributed by atoms with van der Waals surface area (Å²) in [5, 5.41) is 16.6. The van der Waals surface area contributed by atoms with Crippen LogP contribution in [0.5, 0.6) is 0 Å². The van der Waals surface area contributed by atoms with E-state index >= 15 is 0 Å². The van der Waals surface area contributed by atoms with Gasteiger partial charge in [-0.1, -0.05) is 12.1 Å². The first-order valence-electron chi connectivity index (χ1n) is 9.12. The number of rotatable bonds is 8. The fourth-order valence-electron chi connectivity index (χ4n) is 3.40. The zero-order chi connectivity index (χ0) is 18.8. The van der Waals surface area contributed by atoms with E-state index in [-0.39, 0.29) is 31.4 Å². The Kier molecular flexibility index (Phi) is 5.01. The SMILES string of the molecule is O=C(COCCO)c1ccc2[nH]ncc2c1Cc1ccc(C2CC2)cc1F. The van der Waals surface area contributed by atoms with Crippen molar-refractivity contribution in [1.82, 2.24) is 10.2 Å². The summed E-state index contributed by atoms with van der Waals surface area (Å²) in [6, 6.07) is 8.93. The monoisotopic (exact) mass is 368 g/mol. The van der Waals surface area contributed by atoms with E-state index in [1.165, 1.54) is 0 Å². The molecule has 0 saturated heterocycles. The van der Waals surface area contributed by atoms with E-state index in [9.17, 15) is 9.18 Å². The number of nitrogens with zero attached hydrogens (tertiary/aromatic N) is 1. The van der Waals surface area contributed by atoms with Gasteiger partial charge >= 0.3 is 0 Å². The molecule has 5 nitrogen and oxygen atoms in total. The quantitative estimate of drug-likeness (QED) is 0.472. The van der Waals surface area contributed by atoms with E-state index in [2.05, 4.69) is 10.2 Å². The molecule has 0 unspecified atom stereocenters. The van der Waals surface area contributed by atoms with Crippen LogP contribution in [0.4, 0.5) is 4.39 Å². The molecule has 2 N–H and O–H groups in total. The molecule has 0 bridgehead atoms. The van der Waals surface area contributed by atoms with Crippen LogP contribution in [0.1, 0.15) is 45.8 Å². The summed E-state index contributed by atoms with van der Waals surface area (Å²) in [5.41, 5.74) is 3.63. The van der Waals surface area contributed by atoms with Crippen LogP contribution < -0.4 is 0 Å². The van der Waals surface area contributed by atoms with Gasteiger partial charge in [0.2, 0.25) is 0 Å². The van der Waals surface area contributed by atoms with Crippen LogP contribution >= 0.6 is 0 Å². The standard InChI is InChI=1S/C21H21FN2O3/c22-19-10-14(13-1-2-13)3-4-15(19)9-17-16(21(26)12-27-8-7-25)5-6-20-18(17)11-23-24-20/h3-6,10-11,13,25H,1-2,7-9,12H2,(H,23,24). The lowest BCUT2D eigenvalue weighted by molar-refractivity contribution is 0.0663. The number of halogens is 1. The van der Waals surface area contributed by atoms with E-state index in [0.29, 0.717) is 23.5 Å². The third-order valence-corrected chi connectivity index (χ3v) is 5.00. The van der Waals surface area contributed by atoms with Crippen LogP contribution in [0.25, 0.3) is 10.9 Å². The number of Topliss-reactive ketones (excluding diaryl/α,β-unsaturated/α-hetero) is 1. The van der Waals surface area contributed by atoms with Crippen molar-refractivity contribution >= 4 is 16.7 Å². The third-order valence-electron chi connectivity index (χ3n) is 5.00. The summed E-state index contributed by atoms with van der Waals surface area (Å²) in [7, 11) is 0. The lowest BCUT2D eigenvalue weighted by Crippen LogP contribution is -2.14. The Morgan fingerprint density at radius 3 is 2.89 bits per heavy atom. The topological polar surface area (TPSA) is 75.2 Å². The molecule has 6 heteroatoms. The van der Waals surface area contributed by atoms with Gasteiger partial charge in [-0.15, -0.1) is 0 Å². The van der Waals surface area contributed by atoms with E-state index in [1.54, 1.807) is 24.4 Å². The molecule has 0 atom stereocenters. The second kappa shape index (κ2) is 7.58. The Bertz CT molecular complexity index is 979. The number of benzene rings is 2. The highest BCUT2D eigenvalue weighted by atomic mass is 19.1. The number of ether oxygens (including phenoxy) is 1. The molecule has 0 radical (unpaired) electrons. The van der Waals surface area contributed by atoms with E-state index in [4.69, 9.17) is 9.84 Å². The summed E-state index contributed by atoms with van der Waals surface area (Å²) in [6.45, 7) is -0.161. The molecule has 1 fully saturated rings. The maximum atomic E-state index is 14.7. The van der Waals surface area contributed by atoms with Gasteiger partial charge in [-0.25, -0.2) is 4.39 Å². The molecule has 1 aromatic heterocycles. The summed E-state index contributed by atoms with van der Waals surface area (Å²) < 4.78 is 19.8. The van der Waals surface area contributed by atoms with Gasteiger partial charge in [0.15, 0.2) is 5.78 Å². The van der Waals surface area contributed by atoms with Crippen LogP contribution in [0.3, 0.4) is 0 Å². The maximum Gasteiger partial charge on any atom is 0.188 e. The van der Waals surface area contributed by atoms with Crippen LogP contribution in [0, 0.1) is 5.82 Å². The molecule has 1 aliphatic carbocycles. The van der Waals surface area contributed by atoms with Crippen LogP contribution in [-0.2, 0) is 11.2 Å². The molecular weight excluding hydrogens is 347 g/mol. The maximum absolute atomic E-state index is 14.7. The molecule has 0 amide bonds. The van der Waals surface area contributed by atoms with E-state index in [1.807, 2.05) is 12.1 Å². The first-order chi connectivity index (χ1) is 13.2. The largest absolute Gasteiger partial charge is 0.394 e. The van der Waals surface area contributed by atoms with Gasteiger partial charge in [0.25, 0.3) is 0 Å². The Morgan fingerprint density at radius 1 is 1.30 bits per heavy atom. The lowest BCUT2D eigenvalue weighted by atomic mass is 9.93. The highest BCUT2D eigenvalue weighted by molar-refractivity contribution is 6.02. The molecule has 4 rings (SSSR count). The zero-order valence-corrected chi connectivity index (χ0v) is 14.9. The number of hydrogen-bond donors (Lipinski definition) is 2. The number of aliphatic hydroxyl groups excluding tert-OH is 1. The summed E-state index contributed by atoms with van der Waals surface area (Å²) in [4.78, 5) is 12.6. The van der Waals surface area contributed by atoms with Crippen LogP contribution in [0.2, 0.25) is 0 Å². The summed E-state index contributed by atoms with van der Waals surface area (Å²) in [6.07, 6.45) is 4.21. The van der Waals surface area contributed by atoms with Gasteiger partial charge in [-0.3, -0.25) is 9.89 Å². The molecule has 27 heavy (non-hydrogen) atoms. The van der Waals surface area contributed by atoms with Crippen LogP contribution in [0.15, 0.2) is 36.5 Å². The van der Waals surface area contributed by atoms with Gasteiger partial charge in [0.1, 0.15) is 12.4 Å². The minimum Gasteiger partial charge on any atom is -0.394 e. The van der Waals surface area contributed by atoms with Gasteiger partial charge < -0.3 is 9.84 Å². The second-order valence-electron chi connectivity index (χ2n) is 6.92.